The highest BCUT2D eigenvalue weighted by atomic mass is 35.5. The molecule has 3 nitrogen and oxygen atoms in total. The van der Waals surface area contributed by atoms with Crippen molar-refractivity contribution < 1.29 is 4.21 Å². The molecule has 78 valence electrons. The Kier molecular flexibility index (Phi) is 3.54. The van der Waals surface area contributed by atoms with Crippen molar-refractivity contribution in [2.45, 2.75) is 6.54 Å². The number of hydrogen-bond acceptors (Lipinski definition) is 4. The van der Waals surface area contributed by atoms with Crippen LogP contribution in [0.25, 0.3) is 0 Å². The average molecular weight is 251 g/mol. The van der Waals surface area contributed by atoms with Crippen molar-refractivity contribution in [3.63, 3.8) is 0 Å². The fraction of sp³-hybridized carbons (Fsp3) is 0.625. The molecule has 2 heterocycles. The van der Waals surface area contributed by atoms with Crippen LogP contribution < -0.4 is 0 Å². The number of halogens is 1. The van der Waals surface area contributed by atoms with Crippen LogP contribution in [0, 0.1) is 0 Å². The van der Waals surface area contributed by atoms with Gasteiger partial charge in [0.2, 0.25) is 0 Å². The number of nitrogens with zero attached hydrogens (tertiary/aromatic N) is 2. The Labute approximate surface area is 94.5 Å². The van der Waals surface area contributed by atoms with Crippen LogP contribution >= 0.6 is 22.9 Å². The van der Waals surface area contributed by atoms with Crippen LogP contribution in [0.2, 0.25) is 4.47 Å². The lowest BCUT2D eigenvalue weighted by Crippen LogP contribution is -2.36. The Morgan fingerprint density at radius 2 is 2.29 bits per heavy atom. The van der Waals surface area contributed by atoms with E-state index in [4.69, 9.17) is 11.6 Å². The van der Waals surface area contributed by atoms with Crippen LogP contribution in [0.5, 0.6) is 0 Å². The van der Waals surface area contributed by atoms with Gasteiger partial charge in [-0.15, -0.1) is 11.3 Å². The summed E-state index contributed by atoms with van der Waals surface area (Å²) >= 11 is 7.26. The first kappa shape index (κ1) is 10.5. The predicted octanol–water partition coefficient (Wildman–Crippen LogP) is 1.36. The normalized spacial score (nSPS) is 20.1. The predicted molar refractivity (Wildman–Crippen MR) is 60.3 cm³/mol. The lowest BCUT2D eigenvalue weighted by molar-refractivity contribution is 0.294. The zero-order valence-corrected chi connectivity index (χ0v) is 10.00. The molecule has 0 unspecified atom stereocenters. The standard InChI is InChI=1S/C8H11ClN2OS2/c9-8-10-5-7(13-8)6-11-1-3-14(12)4-2-11/h5H,1-4,6H2. The van der Waals surface area contributed by atoms with Gasteiger partial charge in [-0.05, 0) is 0 Å². The maximum atomic E-state index is 11.1. The van der Waals surface area contributed by atoms with Gasteiger partial charge in [0.15, 0.2) is 4.47 Å². The van der Waals surface area contributed by atoms with Crippen molar-refractivity contribution in [3.05, 3.63) is 15.5 Å². The molecule has 0 radical (unpaired) electrons. The van der Waals surface area contributed by atoms with Crippen molar-refractivity contribution in [3.8, 4) is 0 Å². The van der Waals surface area contributed by atoms with Crippen molar-refractivity contribution in [1.29, 1.82) is 0 Å². The van der Waals surface area contributed by atoms with E-state index in [0.717, 1.165) is 31.1 Å². The molecule has 0 N–H and O–H groups in total. The molecule has 1 aromatic rings. The molecule has 0 bridgehead atoms. The fourth-order valence-corrected chi connectivity index (χ4v) is 3.56. The molecule has 0 atom stereocenters. The zero-order chi connectivity index (χ0) is 9.97. The molecule has 0 amide bonds. The molecular weight excluding hydrogens is 240 g/mol. The first-order valence-corrected chi connectivity index (χ1v) is 7.10. The molecule has 6 heteroatoms. The molecule has 0 aliphatic carbocycles. The van der Waals surface area contributed by atoms with Gasteiger partial charge in [-0.1, -0.05) is 11.6 Å². The van der Waals surface area contributed by atoms with Crippen molar-refractivity contribution in [1.82, 2.24) is 9.88 Å². The van der Waals surface area contributed by atoms with Crippen molar-refractivity contribution in [2.75, 3.05) is 24.6 Å². The second kappa shape index (κ2) is 4.70. The average Bonchev–Trinajstić information content (AvgIpc) is 2.56. The Morgan fingerprint density at radius 3 is 2.86 bits per heavy atom. The summed E-state index contributed by atoms with van der Waals surface area (Å²) in [7, 11) is -0.594. The summed E-state index contributed by atoms with van der Waals surface area (Å²) in [5.41, 5.74) is 0. The van der Waals surface area contributed by atoms with E-state index >= 15 is 0 Å². The minimum absolute atomic E-state index is 0.594. The summed E-state index contributed by atoms with van der Waals surface area (Å²) in [6.45, 7) is 2.73. The summed E-state index contributed by atoms with van der Waals surface area (Å²) in [5, 5.41) is 0. The molecule has 0 saturated carbocycles. The molecular formula is C8H11ClN2OS2. The van der Waals surface area contributed by atoms with E-state index < -0.39 is 10.8 Å². The van der Waals surface area contributed by atoms with E-state index in [1.165, 1.54) is 16.2 Å². The van der Waals surface area contributed by atoms with E-state index in [0.29, 0.717) is 4.47 Å². The van der Waals surface area contributed by atoms with Gasteiger partial charge in [-0.25, -0.2) is 4.98 Å². The number of thiazole rings is 1. The number of hydrogen-bond donors (Lipinski definition) is 0. The van der Waals surface area contributed by atoms with Crippen LogP contribution in [-0.4, -0.2) is 38.7 Å². The zero-order valence-electron chi connectivity index (χ0n) is 7.61. The smallest absolute Gasteiger partial charge is 0.183 e. The van der Waals surface area contributed by atoms with E-state index in [2.05, 4.69) is 9.88 Å². The Balaban J connectivity index is 1.89. The first-order chi connectivity index (χ1) is 6.74. The van der Waals surface area contributed by atoms with Crippen LogP contribution in [0.3, 0.4) is 0 Å². The molecule has 1 aromatic heterocycles. The highest BCUT2D eigenvalue weighted by Gasteiger charge is 2.15. The summed E-state index contributed by atoms with van der Waals surface area (Å²) in [6, 6.07) is 0. The van der Waals surface area contributed by atoms with Gasteiger partial charge in [0.05, 0.1) is 0 Å². The molecule has 0 aromatic carbocycles. The van der Waals surface area contributed by atoms with Crippen LogP contribution in [0.15, 0.2) is 6.20 Å². The Bertz CT molecular complexity index is 332. The monoisotopic (exact) mass is 250 g/mol. The maximum Gasteiger partial charge on any atom is 0.183 e. The molecule has 1 aliphatic heterocycles. The minimum Gasteiger partial charge on any atom is -0.296 e. The minimum atomic E-state index is -0.594. The summed E-state index contributed by atoms with van der Waals surface area (Å²) in [6.07, 6.45) is 1.82. The molecule has 2 rings (SSSR count). The Hall–Kier alpha value is 0.0300. The van der Waals surface area contributed by atoms with Gasteiger partial charge in [0.25, 0.3) is 0 Å². The van der Waals surface area contributed by atoms with Gasteiger partial charge in [-0.3, -0.25) is 9.11 Å². The largest absolute Gasteiger partial charge is 0.296 e. The second-order valence-electron chi connectivity index (χ2n) is 3.20. The first-order valence-electron chi connectivity index (χ1n) is 4.41. The third kappa shape index (κ3) is 2.76. The third-order valence-electron chi connectivity index (χ3n) is 2.18. The summed E-state index contributed by atoms with van der Waals surface area (Å²) in [5.74, 6) is 1.60. The molecule has 0 spiro atoms. The molecule has 1 saturated heterocycles. The highest BCUT2D eigenvalue weighted by molar-refractivity contribution is 7.85. The number of rotatable bonds is 2. The second-order valence-corrected chi connectivity index (χ2v) is 6.60. The van der Waals surface area contributed by atoms with E-state index in [1.807, 2.05) is 6.20 Å². The summed E-state index contributed by atoms with van der Waals surface area (Å²) in [4.78, 5) is 7.47. The van der Waals surface area contributed by atoms with Crippen LogP contribution in [0.1, 0.15) is 4.88 Å². The molecule has 1 aliphatic rings. The molecule has 14 heavy (non-hydrogen) atoms. The SMILES string of the molecule is O=S1CCN(Cc2cnc(Cl)s2)CC1. The van der Waals surface area contributed by atoms with Crippen molar-refractivity contribution in [2.24, 2.45) is 0 Å². The lowest BCUT2D eigenvalue weighted by atomic mass is 10.4. The van der Waals surface area contributed by atoms with E-state index in [-0.39, 0.29) is 0 Å². The fourth-order valence-electron chi connectivity index (χ4n) is 1.41. The van der Waals surface area contributed by atoms with E-state index in [9.17, 15) is 4.21 Å². The lowest BCUT2D eigenvalue weighted by Gasteiger charge is -2.25. The van der Waals surface area contributed by atoms with Crippen molar-refractivity contribution >= 4 is 33.7 Å². The van der Waals surface area contributed by atoms with Gasteiger partial charge in [0.1, 0.15) is 0 Å². The Morgan fingerprint density at radius 1 is 1.57 bits per heavy atom. The highest BCUT2D eigenvalue weighted by Crippen LogP contribution is 2.19. The topological polar surface area (TPSA) is 33.2 Å². The van der Waals surface area contributed by atoms with Crippen LogP contribution in [-0.2, 0) is 17.3 Å². The van der Waals surface area contributed by atoms with Gasteiger partial charge in [0, 0.05) is 53.0 Å². The van der Waals surface area contributed by atoms with Gasteiger partial charge < -0.3 is 0 Å². The van der Waals surface area contributed by atoms with Gasteiger partial charge in [-0.2, -0.15) is 0 Å². The van der Waals surface area contributed by atoms with Crippen LogP contribution in [0.4, 0.5) is 0 Å². The van der Waals surface area contributed by atoms with Gasteiger partial charge >= 0.3 is 0 Å². The third-order valence-corrected chi connectivity index (χ3v) is 4.55. The molecule has 1 fully saturated rings. The quantitative estimate of drug-likeness (QED) is 0.795. The van der Waals surface area contributed by atoms with E-state index in [1.54, 1.807) is 0 Å². The maximum absolute atomic E-state index is 11.1. The summed E-state index contributed by atoms with van der Waals surface area (Å²) < 4.78 is 11.7. The number of aromatic nitrogens is 1.